The average Bonchev–Trinajstić information content (AvgIpc) is 3.01. The number of nitrogens with one attached hydrogen (secondary N) is 1. The molecule has 3 rings (SSSR count). The molecule has 1 amide bonds. The number of carbonyl (C=O) groups excluding carboxylic acids is 1. The van der Waals surface area contributed by atoms with E-state index in [0.29, 0.717) is 0 Å². The second-order valence-corrected chi connectivity index (χ2v) is 6.40. The molecule has 0 bridgehead atoms. The van der Waals surface area contributed by atoms with Gasteiger partial charge in [-0.3, -0.25) is 9.48 Å². The number of benzene rings is 2. The van der Waals surface area contributed by atoms with Crippen molar-refractivity contribution in [1.29, 1.82) is 5.26 Å². The third kappa shape index (κ3) is 3.61. The van der Waals surface area contributed by atoms with E-state index in [9.17, 15) is 26.7 Å². The summed E-state index contributed by atoms with van der Waals surface area (Å²) in [6, 6.07) is 7.82. The van der Waals surface area contributed by atoms with Crippen LogP contribution in [0.5, 0.6) is 0 Å². The summed E-state index contributed by atoms with van der Waals surface area (Å²) < 4.78 is 69.1. The molecule has 0 aliphatic heterocycles. The SMILES string of the molecule is Cc1nn(Cc2c(F)c(F)c(F)c(F)c2F)c(C)c1NC(=O)c1cccc(C#N)c1. The molecule has 1 heterocycles. The summed E-state index contributed by atoms with van der Waals surface area (Å²) in [5.74, 6) is -10.8. The van der Waals surface area contributed by atoms with Crippen LogP contribution < -0.4 is 5.32 Å². The first-order valence-corrected chi connectivity index (χ1v) is 8.51. The second kappa shape index (κ2) is 7.94. The van der Waals surface area contributed by atoms with Gasteiger partial charge in [0, 0.05) is 5.56 Å². The maximum atomic E-state index is 14.0. The van der Waals surface area contributed by atoms with Crippen LogP contribution in [0, 0.1) is 54.3 Å². The van der Waals surface area contributed by atoms with Crippen molar-refractivity contribution in [1.82, 2.24) is 9.78 Å². The van der Waals surface area contributed by atoms with Crippen LogP contribution in [0.15, 0.2) is 24.3 Å². The van der Waals surface area contributed by atoms with E-state index in [2.05, 4.69) is 10.4 Å². The lowest BCUT2D eigenvalue weighted by Gasteiger charge is -2.10. The first-order chi connectivity index (χ1) is 14.1. The van der Waals surface area contributed by atoms with E-state index in [1.807, 2.05) is 6.07 Å². The van der Waals surface area contributed by atoms with Gasteiger partial charge in [-0.05, 0) is 32.0 Å². The summed E-state index contributed by atoms with van der Waals surface area (Å²) >= 11 is 0. The van der Waals surface area contributed by atoms with Crippen LogP contribution in [0.2, 0.25) is 0 Å². The molecule has 5 nitrogen and oxygen atoms in total. The number of halogens is 5. The van der Waals surface area contributed by atoms with Crippen LogP contribution in [-0.4, -0.2) is 15.7 Å². The van der Waals surface area contributed by atoms with Crippen molar-refractivity contribution >= 4 is 11.6 Å². The van der Waals surface area contributed by atoms with Crippen LogP contribution >= 0.6 is 0 Å². The standard InChI is InChI=1S/C20H13F5N4O/c1-9-19(27-20(30)12-5-3-4-11(6-12)7-26)10(2)29(28-9)8-13-14(21)16(23)18(25)17(24)15(13)22/h3-6H,8H2,1-2H3,(H,27,30). The zero-order chi connectivity index (χ0) is 22.2. The Morgan fingerprint density at radius 2 is 1.67 bits per heavy atom. The van der Waals surface area contributed by atoms with Gasteiger partial charge in [0.15, 0.2) is 23.3 Å². The normalized spacial score (nSPS) is 10.7. The van der Waals surface area contributed by atoms with Gasteiger partial charge >= 0.3 is 0 Å². The maximum absolute atomic E-state index is 14.0. The molecule has 154 valence electrons. The lowest BCUT2D eigenvalue weighted by Crippen LogP contribution is -2.14. The van der Waals surface area contributed by atoms with E-state index in [0.717, 1.165) is 4.68 Å². The Balaban J connectivity index is 1.94. The molecule has 0 aliphatic rings. The molecule has 0 fully saturated rings. The predicted molar refractivity (Wildman–Crippen MR) is 96.1 cm³/mol. The fourth-order valence-electron chi connectivity index (χ4n) is 2.89. The van der Waals surface area contributed by atoms with Gasteiger partial charge in [-0.25, -0.2) is 22.0 Å². The Labute approximate surface area is 167 Å². The highest BCUT2D eigenvalue weighted by atomic mass is 19.2. The van der Waals surface area contributed by atoms with Gasteiger partial charge in [0.25, 0.3) is 5.91 Å². The molecule has 0 saturated heterocycles. The molecule has 0 radical (unpaired) electrons. The monoisotopic (exact) mass is 420 g/mol. The molecule has 30 heavy (non-hydrogen) atoms. The van der Waals surface area contributed by atoms with Crippen molar-refractivity contribution in [2.45, 2.75) is 20.4 Å². The number of hydrogen-bond donors (Lipinski definition) is 1. The molecule has 2 aromatic carbocycles. The predicted octanol–water partition coefficient (Wildman–Crippen LogP) is 4.37. The maximum Gasteiger partial charge on any atom is 0.255 e. The molecule has 1 N–H and O–H groups in total. The van der Waals surface area contributed by atoms with E-state index in [-0.39, 0.29) is 28.2 Å². The number of nitriles is 1. The van der Waals surface area contributed by atoms with Crippen LogP contribution in [0.1, 0.15) is 32.9 Å². The van der Waals surface area contributed by atoms with Gasteiger partial charge in [0.2, 0.25) is 5.82 Å². The van der Waals surface area contributed by atoms with E-state index < -0.39 is 47.1 Å². The Morgan fingerprint density at radius 1 is 1.07 bits per heavy atom. The van der Waals surface area contributed by atoms with Crippen molar-refractivity contribution in [3.05, 3.63) is 81.4 Å². The highest BCUT2D eigenvalue weighted by molar-refractivity contribution is 6.05. The quantitative estimate of drug-likeness (QED) is 0.387. The second-order valence-electron chi connectivity index (χ2n) is 6.40. The molecule has 0 spiro atoms. The average molecular weight is 420 g/mol. The zero-order valence-electron chi connectivity index (χ0n) is 15.7. The first kappa shape index (κ1) is 21.0. The van der Waals surface area contributed by atoms with Gasteiger partial charge < -0.3 is 5.32 Å². The summed E-state index contributed by atoms with van der Waals surface area (Å²) in [7, 11) is 0. The third-order valence-corrected chi connectivity index (χ3v) is 4.48. The molecule has 0 atom stereocenters. The van der Waals surface area contributed by atoms with Gasteiger partial charge in [-0.15, -0.1) is 0 Å². The van der Waals surface area contributed by atoms with Gasteiger partial charge in [0.05, 0.1) is 40.8 Å². The summed E-state index contributed by atoms with van der Waals surface area (Å²) in [5, 5.41) is 15.5. The number of aryl methyl sites for hydroxylation is 1. The van der Waals surface area contributed by atoms with Gasteiger partial charge in [0.1, 0.15) is 0 Å². The molecule has 1 aromatic heterocycles. The van der Waals surface area contributed by atoms with Crippen LogP contribution in [0.25, 0.3) is 0 Å². The van der Waals surface area contributed by atoms with E-state index >= 15 is 0 Å². The Bertz CT molecular complexity index is 1180. The highest BCUT2D eigenvalue weighted by Gasteiger charge is 2.27. The van der Waals surface area contributed by atoms with Gasteiger partial charge in [-0.1, -0.05) is 6.07 Å². The highest BCUT2D eigenvalue weighted by Crippen LogP contribution is 2.26. The Morgan fingerprint density at radius 3 is 2.27 bits per heavy atom. The molecule has 3 aromatic rings. The minimum Gasteiger partial charge on any atom is -0.319 e. The topological polar surface area (TPSA) is 70.7 Å². The minimum atomic E-state index is -2.24. The molecular formula is C20H13F5N4O. The molecule has 0 unspecified atom stereocenters. The number of nitrogens with zero attached hydrogens (tertiary/aromatic N) is 3. The van der Waals surface area contributed by atoms with E-state index in [1.54, 1.807) is 0 Å². The van der Waals surface area contributed by atoms with Crippen molar-refractivity contribution in [2.24, 2.45) is 0 Å². The van der Waals surface area contributed by atoms with Crippen molar-refractivity contribution in [2.75, 3.05) is 5.32 Å². The van der Waals surface area contributed by atoms with Crippen LogP contribution in [-0.2, 0) is 6.54 Å². The molecule has 0 aliphatic carbocycles. The zero-order valence-corrected chi connectivity index (χ0v) is 15.7. The number of carbonyl (C=O) groups is 1. The lowest BCUT2D eigenvalue weighted by molar-refractivity contribution is 0.102. The van der Waals surface area contributed by atoms with Crippen LogP contribution in [0.4, 0.5) is 27.6 Å². The van der Waals surface area contributed by atoms with Gasteiger partial charge in [-0.2, -0.15) is 10.4 Å². The third-order valence-electron chi connectivity index (χ3n) is 4.48. The first-order valence-electron chi connectivity index (χ1n) is 8.51. The number of amides is 1. The summed E-state index contributed by atoms with van der Waals surface area (Å²) in [6.07, 6.45) is 0. The van der Waals surface area contributed by atoms with Crippen molar-refractivity contribution < 1.29 is 26.7 Å². The molecular weight excluding hydrogens is 407 g/mol. The van der Waals surface area contributed by atoms with Crippen molar-refractivity contribution in [3.8, 4) is 6.07 Å². The van der Waals surface area contributed by atoms with Crippen molar-refractivity contribution in [3.63, 3.8) is 0 Å². The fraction of sp³-hybridized carbons (Fsp3) is 0.150. The largest absolute Gasteiger partial charge is 0.319 e. The number of anilines is 1. The fourth-order valence-corrected chi connectivity index (χ4v) is 2.89. The summed E-state index contributed by atoms with van der Waals surface area (Å²) in [4.78, 5) is 12.5. The Hall–Kier alpha value is -3.74. The number of hydrogen-bond acceptors (Lipinski definition) is 3. The smallest absolute Gasteiger partial charge is 0.255 e. The molecule has 0 saturated carbocycles. The summed E-state index contributed by atoms with van der Waals surface area (Å²) in [6.45, 7) is 2.23. The Kier molecular flexibility index (Phi) is 5.56. The van der Waals surface area contributed by atoms with E-state index in [1.165, 1.54) is 38.1 Å². The molecule has 10 heteroatoms. The lowest BCUT2D eigenvalue weighted by atomic mass is 10.1. The van der Waals surface area contributed by atoms with E-state index in [4.69, 9.17) is 5.26 Å². The number of aromatic nitrogens is 2. The van der Waals surface area contributed by atoms with Crippen LogP contribution in [0.3, 0.4) is 0 Å². The summed E-state index contributed by atoms with van der Waals surface area (Å²) in [5.41, 5.74) is 0.142. The minimum absolute atomic E-state index is 0.195. The number of rotatable bonds is 4.